The first-order valence-corrected chi connectivity index (χ1v) is 9.03. The summed E-state index contributed by atoms with van der Waals surface area (Å²) in [5.41, 5.74) is 5.18. The summed E-state index contributed by atoms with van der Waals surface area (Å²) in [4.78, 5) is 39.1. The summed E-state index contributed by atoms with van der Waals surface area (Å²) in [6.07, 6.45) is 1.52. The number of likely N-dealkylation sites (tertiary alicyclic amines) is 1. The van der Waals surface area contributed by atoms with E-state index in [9.17, 15) is 19.5 Å². The lowest BCUT2D eigenvalue weighted by Gasteiger charge is -2.27. The lowest BCUT2D eigenvalue weighted by atomic mass is 9.80. The summed E-state index contributed by atoms with van der Waals surface area (Å²) in [6.45, 7) is 3.74. The van der Waals surface area contributed by atoms with Crippen molar-refractivity contribution in [3.8, 4) is 0 Å². The van der Waals surface area contributed by atoms with E-state index in [-0.39, 0.29) is 11.7 Å². The van der Waals surface area contributed by atoms with Crippen LogP contribution in [0.4, 0.5) is 0 Å². The van der Waals surface area contributed by atoms with Crippen LogP contribution in [0, 0.1) is 17.2 Å². The maximum Gasteiger partial charge on any atom is 0.324 e. The third-order valence-corrected chi connectivity index (χ3v) is 5.64. The molecule has 0 saturated carbocycles. The van der Waals surface area contributed by atoms with Gasteiger partial charge in [0.2, 0.25) is 11.8 Å². The van der Waals surface area contributed by atoms with E-state index in [2.05, 4.69) is 5.32 Å². The number of amidine groups is 1. The summed E-state index contributed by atoms with van der Waals surface area (Å²) < 4.78 is 0. The number of fused-ring (bicyclic) bond motifs is 1. The number of imide groups is 1. The van der Waals surface area contributed by atoms with E-state index in [1.54, 1.807) is 24.3 Å². The molecule has 0 spiro atoms. The number of hydrogen-bond acceptors (Lipinski definition) is 5. The molecule has 0 radical (unpaired) electrons. The minimum absolute atomic E-state index is 0.0768. The number of carbonyl (C=O) groups excluding carboxylic acids is 2. The molecule has 2 saturated heterocycles. The van der Waals surface area contributed by atoms with E-state index < -0.39 is 35.3 Å². The quantitative estimate of drug-likeness (QED) is 0.332. The normalized spacial score (nSPS) is 29.9. The Labute approximate surface area is 157 Å². The third kappa shape index (κ3) is 2.90. The summed E-state index contributed by atoms with van der Waals surface area (Å²) in [6, 6.07) is 6.14. The first-order valence-electron chi connectivity index (χ1n) is 9.03. The van der Waals surface area contributed by atoms with Gasteiger partial charge < -0.3 is 10.8 Å². The zero-order valence-corrected chi connectivity index (χ0v) is 15.4. The fraction of sp³-hybridized carbons (Fsp3) is 0.474. The van der Waals surface area contributed by atoms with Crippen LogP contribution in [-0.4, -0.2) is 45.7 Å². The fourth-order valence-corrected chi connectivity index (χ4v) is 4.09. The van der Waals surface area contributed by atoms with E-state index in [1.807, 2.05) is 6.92 Å². The van der Waals surface area contributed by atoms with Gasteiger partial charge >= 0.3 is 5.97 Å². The van der Waals surface area contributed by atoms with E-state index in [1.165, 1.54) is 11.8 Å². The SMILES string of the molecule is CCCCN1C(=O)C2C(c3ccc(C(=N)N)cc3)NC(C)(C(=O)O)C2C1=O. The lowest BCUT2D eigenvalue weighted by Crippen LogP contribution is -2.53. The molecule has 144 valence electrons. The van der Waals surface area contributed by atoms with Crippen LogP contribution < -0.4 is 11.1 Å². The Bertz CT molecular complexity index is 806. The van der Waals surface area contributed by atoms with Gasteiger partial charge in [0.25, 0.3) is 0 Å². The van der Waals surface area contributed by atoms with Gasteiger partial charge in [-0.3, -0.25) is 30.0 Å². The molecule has 1 aromatic rings. The Hall–Kier alpha value is -2.74. The van der Waals surface area contributed by atoms with Crippen molar-refractivity contribution in [2.75, 3.05) is 6.54 Å². The van der Waals surface area contributed by atoms with E-state index >= 15 is 0 Å². The van der Waals surface area contributed by atoms with Crippen molar-refractivity contribution in [1.82, 2.24) is 10.2 Å². The predicted molar refractivity (Wildman–Crippen MR) is 98.0 cm³/mol. The summed E-state index contributed by atoms with van der Waals surface area (Å²) in [5, 5.41) is 20.3. The van der Waals surface area contributed by atoms with Crippen molar-refractivity contribution in [2.45, 2.75) is 38.3 Å². The number of carboxylic acids is 1. The van der Waals surface area contributed by atoms with Crippen LogP contribution in [-0.2, 0) is 14.4 Å². The van der Waals surface area contributed by atoms with Gasteiger partial charge in [0, 0.05) is 18.2 Å². The van der Waals surface area contributed by atoms with Crippen LogP contribution in [0.2, 0.25) is 0 Å². The zero-order chi connectivity index (χ0) is 19.9. The molecule has 27 heavy (non-hydrogen) atoms. The van der Waals surface area contributed by atoms with Crippen LogP contribution in [0.5, 0.6) is 0 Å². The molecule has 8 nitrogen and oxygen atoms in total. The molecule has 1 aromatic carbocycles. The smallest absolute Gasteiger partial charge is 0.324 e. The van der Waals surface area contributed by atoms with Gasteiger partial charge in [0.1, 0.15) is 11.4 Å². The largest absolute Gasteiger partial charge is 0.480 e. The Morgan fingerprint density at radius 3 is 2.44 bits per heavy atom. The molecule has 2 aliphatic rings. The molecule has 0 aliphatic carbocycles. The monoisotopic (exact) mass is 372 g/mol. The van der Waals surface area contributed by atoms with Gasteiger partial charge in [-0.25, -0.2) is 0 Å². The van der Waals surface area contributed by atoms with Crippen molar-refractivity contribution < 1.29 is 19.5 Å². The van der Waals surface area contributed by atoms with Gasteiger partial charge in [-0.1, -0.05) is 37.6 Å². The van der Waals surface area contributed by atoms with Crippen molar-refractivity contribution in [2.24, 2.45) is 17.6 Å². The number of amides is 2. The Morgan fingerprint density at radius 1 is 1.30 bits per heavy atom. The van der Waals surface area contributed by atoms with E-state index in [4.69, 9.17) is 11.1 Å². The summed E-state index contributed by atoms with van der Waals surface area (Å²) >= 11 is 0. The van der Waals surface area contributed by atoms with Gasteiger partial charge in [0.15, 0.2) is 0 Å². The minimum Gasteiger partial charge on any atom is -0.480 e. The Morgan fingerprint density at radius 2 is 1.93 bits per heavy atom. The highest BCUT2D eigenvalue weighted by molar-refractivity contribution is 6.09. The van der Waals surface area contributed by atoms with Crippen LogP contribution in [0.15, 0.2) is 24.3 Å². The zero-order valence-electron chi connectivity index (χ0n) is 15.4. The molecule has 0 aromatic heterocycles. The lowest BCUT2D eigenvalue weighted by molar-refractivity contribution is -0.150. The van der Waals surface area contributed by atoms with Gasteiger partial charge in [-0.05, 0) is 18.9 Å². The number of benzene rings is 1. The van der Waals surface area contributed by atoms with Crippen LogP contribution in [0.1, 0.15) is 43.9 Å². The first-order chi connectivity index (χ1) is 12.7. The highest BCUT2D eigenvalue weighted by Gasteiger charge is 2.66. The number of nitrogens with one attached hydrogen (secondary N) is 2. The Kier molecular flexibility index (Phi) is 4.77. The average Bonchev–Trinajstić information content (AvgIpc) is 3.08. The van der Waals surface area contributed by atoms with Gasteiger partial charge in [0.05, 0.1) is 11.8 Å². The van der Waals surface area contributed by atoms with E-state index in [0.29, 0.717) is 24.1 Å². The predicted octanol–water partition coefficient (Wildman–Crippen LogP) is 0.860. The van der Waals surface area contributed by atoms with Crippen molar-refractivity contribution >= 4 is 23.6 Å². The number of hydrogen-bond donors (Lipinski definition) is 4. The number of rotatable bonds is 6. The molecule has 2 fully saturated rings. The summed E-state index contributed by atoms with van der Waals surface area (Å²) in [5.74, 6) is -3.68. The molecule has 2 heterocycles. The van der Waals surface area contributed by atoms with E-state index in [0.717, 1.165) is 6.42 Å². The molecular formula is C19H24N4O4. The number of nitrogen functional groups attached to an aromatic ring is 1. The van der Waals surface area contributed by atoms with Gasteiger partial charge in [-0.2, -0.15) is 0 Å². The topological polar surface area (TPSA) is 137 Å². The average molecular weight is 372 g/mol. The second-order valence-corrected chi connectivity index (χ2v) is 7.35. The number of aliphatic carboxylic acids is 1. The summed E-state index contributed by atoms with van der Waals surface area (Å²) in [7, 11) is 0. The molecule has 3 rings (SSSR count). The second kappa shape index (κ2) is 6.77. The number of carbonyl (C=O) groups is 3. The maximum atomic E-state index is 13.0. The van der Waals surface area contributed by atoms with Gasteiger partial charge in [-0.15, -0.1) is 0 Å². The van der Waals surface area contributed by atoms with Crippen molar-refractivity contribution in [1.29, 1.82) is 5.41 Å². The first kappa shape index (κ1) is 19.0. The standard InChI is InChI=1S/C19H24N4O4/c1-3-4-9-23-16(24)12-13(17(23)25)19(2,18(26)27)22-14(12)10-5-7-11(8-6-10)15(20)21/h5-8,12-14,22H,3-4,9H2,1-2H3,(H3,20,21)(H,26,27). The molecular weight excluding hydrogens is 348 g/mol. The molecule has 4 atom stereocenters. The van der Waals surface area contributed by atoms with Crippen LogP contribution >= 0.6 is 0 Å². The fourth-order valence-electron chi connectivity index (χ4n) is 4.09. The number of nitrogens with two attached hydrogens (primary N) is 1. The van der Waals surface area contributed by atoms with Crippen LogP contribution in [0.3, 0.4) is 0 Å². The van der Waals surface area contributed by atoms with Crippen LogP contribution in [0.25, 0.3) is 0 Å². The Balaban J connectivity index is 2.01. The molecule has 5 N–H and O–H groups in total. The maximum absolute atomic E-state index is 13.0. The highest BCUT2D eigenvalue weighted by Crippen LogP contribution is 2.48. The second-order valence-electron chi connectivity index (χ2n) is 7.35. The molecule has 0 bridgehead atoms. The van der Waals surface area contributed by atoms with Crippen molar-refractivity contribution in [3.63, 3.8) is 0 Å². The molecule has 4 unspecified atom stereocenters. The minimum atomic E-state index is -1.53. The molecule has 2 amide bonds. The molecule has 2 aliphatic heterocycles. The highest BCUT2D eigenvalue weighted by atomic mass is 16.4. The van der Waals surface area contributed by atoms with Crippen molar-refractivity contribution in [3.05, 3.63) is 35.4 Å². The number of nitrogens with zero attached hydrogens (tertiary/aromatic N) is 1. The third-order valence-electron chi connectivity index (χ3n) is 5.64. The number of unbranched alkanes of at least 4 members (excludes halogenated alkanes) is 1. The molecule has 8 heteroatoms. The number of carboxylic acid groups (broad SMARTS) is 1.